The molecule has 0 radical (unpaired) electrons. The number of thiophene rings is 1. The highest BCUT2D eigenvalue weighted by Gasteiger charge is 2.57. The van der Waals surface area contributed by atoms with Gasteiger partial charge in [-0.3, -0.25) is 4.79 Å². The Balaban J connectivity index is 0.00000210. The van der Waals surface area contributed by atoms with Crippen molar-refractivity contribution in [2.24, 2.45) is 5.41 Å². The number of aryl methyl sites for hydroxylation is 1. The molecule has 2 heterocycles. The topological polar surface area (TPSA) is 41.6 Å². The minimum atomic E-state index is 0. The van der Waals surface area contributed by atoms with Gasteiger partial charge < -0.3 is 15.0 Å². The molecule has 2 fully saturated rings. The quantitative estimate of drug-likeness (QED) is 0.787. The molecule has 1 aliphatic carbocycles. The molecule has 1 aromatic heterocycles. The number of hydrogen-bond acceptors (Lipinski definition) is 4. The second-order valence-corrected chi connectivity index (χ2v) is 8.37. The third-order valence-corrected chi connectivity index (χ3v) is 6.49. The third kappa shape index (κ3) is 4.65. The van der Waals surface area contributed by atoms with Crippen LogP contribution in [0.5, 0.6) is 5.75 Å². The molecule has 2 aromatic rings. The number of hydrogen-bond donors (Lipinski definition) is 1. The molecule has 4 rings (SSSR count). The second-order valence-electron chi connectivity index (χ2n) is 7.59. The molecule has 1 unspecified atom stereocenters. The Morgan fingerprint density at radius 3 is 2.67 bits per heavy atom. The van der Waals surface area contributed by atoms with Gasteiger partial charge in [0.15, 0.2) is 6.61 Å². The van der Waals surface area contributed by atoms with Crippen LogP contribution >= 0.6 is 23.7 Å². The zero-order valence-corrected chi connectivity index (χ0v) is 17.3. The fraction of sp³-hybridized carbons (Fsp3) is 0.476. The highest BCUT2D eigenvalue weighted by Crippen LogP contribution is 2.56. The van der Waals surface area contributed by atoms with Gasteiger partial charge in [-0.1, -0.05) is 17.7 Å². The lowest BCUT2D eigenvalue weighted by Crippen LogP contribution is -2.41. The van der Waals surface area contributed by atoms with Crippen LogP contribution in [0.4, 0.5) is 0 Å². The Labute approximate surface area is 171 Å². The molecule has 4 nitrogen and oxygen atoms in total. The molecule has 2 aliphatic rings. The van der Waals surface area contributed by atoms with Crippen molar-refractivity contribution in [2.45, 2.75) is 38.8 Å². The SMILES string of the molecule is Cc1ccc(OCC(=O)N(Cc2ccsc2)C2CC23CCNCC3)cc1.Cl. The van der Waals surface area contributed by atoms with Crippen LogP contribution in [0.2, 0.25) is 0 Å². The third-order valence-electron chi connectivity index (χ3n) is 5.76. The first kappa shape index (κ1) is 20.2. The number of benzene rings is 1. The average molecular weight is 407 g/mol. The minimum absolute atomic E-state index is 0. The number of carbonyl (C=O) groups excluding carboxylic acids is 1. The Kier molecular flexibility index (Phi) is 6.45. The Morgan fingerprint density at radius 1 is 1.26 bits per heavy atom. The summed E-state index contributed by atoms with van der Waals surface area (Å²) in [5, 5.41) is 7.65. The molecular weight excluding hydrogens is 380 g/mol. The van der Waals surface area contributed by atoms with Crippen LogP contribution in [0.25, 0.3) is 0 Å². The van der Waals surface area contributed by atoms with E-state index in [1.54, 1.807) is 11.3 Å². The van der Waals surface area contributed by atoms with Crippen LogP contribution in [0, 0.1) is 12.3 Å². The van der Waals surface area contributed by atoms with Crippen molar-refractivity contribution in [2.75, 3.05) is 19.7 Å². The van der Waals surface area contributed by atoms with Crippen LogP contribution in [-0.4, -0.2) is 36.5 Å². The standard InChI is InChI=1S/C21H26N2O2S.ClH/c1-16-2-4-18(5-3-16)25-14-20(24)23(13-17-6-11-26-15-17)19-12-21(19)7-9-22-10-8-21;/h2-6,11,15,19,22H,7-10,12-14H2,1H3;1H. The summed E-state index contributed by atoms with van der Waals surface area (Å²) in [7, 11) is 0. The van der Waals surface area contributed by atoms with E-state index in [-0.39, 0.29) is 24.9 Å². The zero-order chi connectivity index (χ0) is 18.0. The number of nitrogens with one attached hydrogen (secondary N) is 1. The van der Waals surface area contributed by atoms with Gasteiger partial charge in [0, 0.05) is 12.6 Å². The number of halogens is 1. The molecule has 1 aliphatic heterocycles. The van der Waals surface area contributed by atoms with E-state index < -0.39 is 0 Å². The fourth-order valence-electron chi connectivity index (χ4n) is 4.04. The molecule has 1 saturated heterocycles. The van der Waals surface area contributed by atoms with E-state index in [0.29, 0.717) is 18.0 Å². The predicted molar refractivity (Wildman–Crippen MR) is 112 cm³/mol. The van der Waals surface area contributed by atoms with Crippen molar-refractivity contribution in [3.63, 3.8) is 0 Å². The predicted octanol–water partition coefficient (Wildman–Crippen LogP) is 4.03. The monoisotopic (exact) mass is 406 g/mol. The normalized spacial score (nSPS) is 20.0. The number of piperidine rings is 1. The molecular formula is C21H27ClN2O2S. The summed E-state index contributed by atoms with van der Waals surface area (Å²) in [4.78, 5) is 15.1. The van der Waals surface area contributed by atoms with Gasteiger partial charge in [0.05, 0.1) is 0 Å². The maximum Gasteiger partial charge on any atom is 0.261 e. The Bertz CT molecular complexity index is 742. The number of amides is 1. The van der Waals surface area contributed by atoms with Gasteiger partial charge in [0.25, 0.3) is 5.91 Å². The molecule has 146 valence electrons. The lowest BCUT2D eigenvalue weighted by molar-refractivity contribution is -0.135. The zero-order valence-electron chi connectivity index (χ0n) is 15.6. The van der Waals surface area contributed by atoms with E-state index in [1.165, 1.54) is 24.0 Å². The first-order valence-corrected chi connectivity index (χ1v) is 10.3. The lowest BCUT2D eigenvalue weighted by Gasteiger charge is -2.29. The van der Waals surface area contributed by atoms with E-state index in [0.717, 1.165) is 25.3 Å². The summed E-state index contributed by atoms with van der Waals surface area (Å²) in [6.07, 6.45) is 3.48. The maximum atomic E-state index is 13.0. The molecule has 1 amide bonds. The highest BCUT2D eigenvalue weighted by molar-refractivity contribution is 7.07. The molecule has 6 heteroatoms. The molecule has 1 spiro atoms. The first-order chi connectivity index (χ1) is 12.7. The summed E-state index contributed by atoms with van der Waals surface area (Å²) in [5.74, 6) is 0.851. The van der Waals surface area contributed by atoms with Crippen LogP contribution in [0.15, 0.2) is 41.1 Å². The van der Waals surface area contributed by atoms with Crippen molar-refractivity contribution in [3.05, 3.63) is 52.2 Å². The maximum absolute atomic E-state index is 13.0. The smallest absolute Gasteiger partial charge is 0.261 e. The average Bonchev–Trinajstić information content (AvgIpc) is 3.08. The van der Waals surface area contributed by atoms with Gasteiger partial charge in [-0.05, 0) is 79.2 Å². The summed E-state index contributed by atoms with van der Waals surface area (Å²) in [6, 6.07) is 10.3. The van der Waals surface area contributed by atoms with Crippen LogP contribution in [-0.2, 0) is 11.3 Å². The van der Waals surface area contributed by atoms with E-state index in [9.17, 15) is 4.79 Å². The molecule has 1 atom stereocenters. The number of nitrogens with zero attached hydrogens (tertiary/aromatic N) is 1. The molecule has 0 bridgehead atoms. The van der Waals surface area contributed by atoms with Crippen molar-refractivity contribution < 1.29 is 9.53 Å². The number of carbonyl (C=O) groups is 1. The van der Waals surface area contributed by atoms with Crippen molar-refractivity contribution in [3.8, 4) is 5.75 Å². The van der Waals surface area contributed by atoms with Gasteiger partial charge in [-0.2, -0.15) is 11.3 Å². The Hall–Kier alpha value is -1.56. The van der Waals surface area contributed by atoms with E-state index in [2.05, 4.69) is 27.0 Å². The summed E-state index contributed by atoms with van der Waals surface area (Å²) in [6.45, 7) is 4.98. The van der Waals surface area contributed by atoms with Crippen molar-refractivity contribution in [1.82, 2.24) is 10.2 Å². The lowest BCUT2D eigenvalue weighted by atomic mass is 9.93. The van der Waals surface area contributed by atoms with Gasteiger partial charge in [0.2, 0.25) is 0 Å². The number of ether oxygens (including phenoxy) is 1. The Morgan fingerprint density at radius 2 is 2.00 bits per heavy atom. The number of rotatable bonds is 6. The largest absolute Gasteiger partial charge is 0.484 e. The van der Waals surface area contributed by atoms with Gasteiger partial charge in [-0.15, -0.1) is 12.4 Å². The van der Waals surface area contributed by atoms with Crippen LogP contribution in [0.3, 0.4) is 0 Å². The minimum Gasteiger partial charge on any atom is -0.484 e. The summed E-state index contributed by atoms with van der Waals surface area (Å²) >= 11 is 1.68. The van der Waals surface area contributed by atoms with Gasteiger partial charge in [0.1, 0.15) is 5.75 Å². The van der Waals surface area contributed by atoms with Crippen molar-refractivity contribution in [1.29, 1.82) is 0 Å². The van der Waals surface area contributed by atoms with Gasteiger partial charge in [-0.25, -0.2) is 0 Å². The summed E-state index contributed by atoms with van der Waals surface area (Å²) < 4.78 is 5.78. The van der Waals surface area contributed by atoms with Gasteiger partial charge >= 0.3 is 0 Å². The second kappa shape index (κ2) is 8.63. The van der Waals surface area contributed by atoms with Crippen LogP contribution in [0.1, 0.15) is 30.4 Å². The highest BCUT2D eigenvalue weighted by atomic mass is 35.5. The van der Waals surface area contributed by atoms with E-state index in [1.807, 2.05) is 31.2 Å². The molecule has 1 N–H and O–H groups in total. The first-order valence-electron chi connectivity index (χ1n) is 9.37. The molecule has 1 aromatic carbocycles. The fourth-order valence-corrected chi connectivity index (χ4v) is 4.70. The summed E-state index contributed by atoms with van der Waals surface area (Å²) in [5.41, 5.74) is 2.74. The van der Waals surface area contributed by atoms with E-state index in [4.69, 9.17) is 4.74 Å². The van der Waals surface area contributed by atoms with E-state index >= 15 is 0 Å². The molecule has 27 heavy (non-hydrogen) atoms. The molecule has 1 saturated carbocycles. The van der Waals surface area contributed by atoms with Crippen molar-refractivity contribution >= 4 is 29.7 Å². The van der Waals surface area contributed by atoms with Crippen LogP contribution < -0.4 is 10.1 Å².